The number of carbonyl (C=O) groups excluding carboxylic acids is 1. The van der Waals surface area contributed by atoms with Gasteiger partial charge in [-0.05, 0) is 44.3 Å². The van der Waals surface area contributed by atoms with Crippen LogP contribution in [0.25, 0.3) is 0 Å². The second kappa shape index (κ2) is 8.59. The van der Waals surface area contributed by atoms with Gasteiger partial charge in [0.2, 0.25) is 0 Å². The molecule has 0 unspecified atom stereocenters. The third-order valence-corrected chi connectivity index (χ3v) is 4.34. The fourth-order valence-electron chi connectivity index (χ4n) is 2.96. The third kappa shape index (κ3) is 4.69. The fraction of sp³-hybridized carbons (Fsp3) is 0.0870. The van der Waals surface area contributed by atoms with Crippen molar-refractivity contribution in [3.05, 3.63) is 106 Å². The molecule has 0 heterocycles. The van der Waals surface area contributed by atoms with Crippen LogP contribution in [0.15, 0.2) is 77.9 Å². The molecule has 0 aliphatic rings. The molecule has 140 valence electrons. The lowest BCUT2D eigenvalue weighted by molar-refractivity contribution is 0.103. The Bertz CT molecular complexity index is 1070. The van der Waals surface area contributed by atoms with E-state index in [0.29, 0.717) is 16.8 Å². The van der Waals surface area contributed by atoms with Gasteiger partial charge in [0.25, 0.3) is 0 Å². The van der Waals surface area contributed by atoms with Crippen LogP contribution in [0.1, 0.15) is 38.2 Å². The van der Waals surface area contributed by atoms with Crippen LogP contribution in [0.3, 0.4) is 0 Å². The molecule has 0 fully saturated rings. The number of hydrazone groups is 1. The van der Waals surface area contributed by atoms with Crippen LogP contribution in [0, 0.1) is 13.8 Å². The molecule has 3 aromatic carbocycles. The zero-order chi connectivity index (χ0) is 20.1. The maximum absolute atomic E-state index is 12.9. The molecule has 0 saturated heterocycles. The number of hydrogen-bond acceptors (Lipinski definition) is 3. The third-order valence-electron chi connectivity index (χ3n) is 4.25. The van der Waals surface area contributed by atoms with Gasteiger partial charge in [-0.2, -0.15) is 5.10 Å². The monoisotopic (exact) mass is 387 g/mol. The van der Waals surface area contributed by atoms with Gasteiger partial charge in [0.05, 0.1) is 5.71 Å². The van der Waals surface area contributed by atoms with Crippen LogP contribution in [-0.4, -0.2) is 16.6 Å². The van der Waals surface area contributed by atoms with E-state index in [-0.39, 0.29) is 10.9 Å². The number of aryl methyl sites for hydroxylation is 2. The zero-order valence-electron chi connectivity index (χ0n) is 15.8. The van der Waals surface area contributed by atoms with Crippen molar-refractivity contribution in [3.63, 3.8) is 0 Å². The standard InChI is InChI=1S/C23H21N3OS/c1-15-6-3-8-17(12-15)21(25-26-23(24)28)18-9-5-11-20(14-18)22(27)19-10-4-7-16(2)13-19/h3-14H,1-2H3,(H3,24,26,28)/b25-21-. The maximum atomic E-state index is 12.9. The quantitative estimate of drug-likeness (QED) is 0.299. The molecule has 0 aromatic heterocycles. The fourth-order valence-corrected chi connectivity index (χ4v) is 3.01. The Morgan fingerprint density at radius 2 is 1.29 bits per heavy atom. The van der Waals surface area contributed by atoms with Crippen molar-refractivity contribution in [2.75, 3.05) is 0 Å². The molecule has 0 bridgehead atoms. The molecule has 0 saturated carbocycles. The summed E-state index contributed by atoms with van der Waals surface area (Å²) in [5, 5.41) is 4.46. The van der Waals surface area contributed by atoms with Crippen LogP contribution in [0.5, 0.6) is 0 Å². The molecule has 0 atom stereocenters. The summed E-state index contributed by atoms with van der Waals surface area (Å²) in [7, 11) is 0. The van der Waals surface area contributed by atoms with Crippen molar-refractivity contribution in [3.8, 4) is 0 Å². The Balaban J connectivity index is 2.04. The van der Waals surface area contributed by atoms with Crippen molar-refractivity contribution in [2.45, 2.75) is 13.8 Å². The predicted octanol–water partition coefficient (Wildman–Crippen LogP) is 4.12. The van der Waals surface area contributed by atoms with Gasteiger partial charge in [-0.3, -0.25) is 10.2 Å². The van der Waals surface area contributed by atoms with Gasteiger partial charge < -0.3 is 5.73 Å². The summed E-state index contributed by atoms with van der Waals surface area (Å²) in [6.45, 7) is 3.98. The van der Waals surface area contributed by atoms with Gasteiger partial charge in [0, 0.05) is 22.3 Å². The summed E-state index contributed by atoms with van der Waals surface area (Å²) in [5.41, 5.74) is 14.0. The number of nitrogens with one attached hydrogen (secondary N) is 1. The first kappa shape index (κ1) is 19.5. The molecule has 0 aliphatic heterocycles. The number of thiocarbonyl (C=S) groups is 1. The van der Waals surface area contributed by atoms with Crippen LogP contribution in [0.2, 0.25) is 0 Å². The Morgan fingerprint density at radius 3 is 1.86 bits per heavy atom. The van der Waals surface area contributed by atoms with E-state index in [1.54, 1.807) is 0 Å². The average molecular weight is 388 g/mol. The maximum Gasteiger partial charge on any atom is 0.193 e. The van der Waals surface area contributed by atoms with Gasteiger partial charge in [0.15, 0.2) is 10.9 Å². The Kier molecular flexibility index (Phi) is 5.96. The van der Waals surface area contributed by atoms with E-state index in [0.717, 1.165) is 22.3 Å². The Labute approximate surface area is 170 Å². The summed E-state index contributed by atoms with van der Waals surface area (Å²) >= 11 is 4.89. The van der Waals surface area contributed by atoms with Gasteiger partial charge in [-0.15, -0.1) is 0 Å². The van der Waals surface area contributed by atoms with Crippen LogP contribution in [0.4, 0.5) is 0 Å². The predicted molar refractivity (Wildman–Crippen MR) is 118 cm³/mol. The van der Waals surface area contributed by atoms with Gasteiger partial charge in [0.1, 0.15) is 0 Å². The minimum absolute atomic E-state index is 0.0311. The van der Waals surface area contributed by atoms with Crippen molar-refractivity contribution in [1.82, 2.24) is 5.43 Å². The minimum atomic E-state index is -0.0311. The molecule has 3 N–H and O–H groups in total. The number of benzene rings is 3. The summed E-state index contributed by atoms with van der Waals surface area (Å²) in [6, 6.07) is 22.9. The van der Waals surface area contributed by atoms with E-state index in [9.17, 15) is 4.79 Å². The molecule has 0 radical (unpaired) electrons. The van der Waals surface area contributed by atoms with Crippen molar-refractivity contribution in [1.29, 1.82) is 0 Å². The number of carbonyl (C=O) groups is 1. The molecule has 3 rings (SSSR count). The largest absolute Gasteiger partial charge is 0.375 e. The lowest BCUT2D eigenvalue weighted by Gasteiger charge is -2.10. The molecule has 28 heavy (non-hydrogen) atoms. The van der Waals surface area contributed by atoms with Crippen molar-refractivity contribution in [2.24, 2.45) is 10.8 Å². The summed E-state index contributed by atoms with van der Waals surface area (Å²) < 4.78 is 0. The summed E-state index contributed by atoms with van der Waals surface area (Å²) in [5.74, 6) is -0.0311. The number of rotatable bonds is 5. The number of hydrogen-bond donors (Lipinski definition) is 2. The van der Waals surface area contributed by atoms with Crippen LogP contribution < -0.4 is 11.2 Å². The Morgan fingerprint density at radius 1 is 0.821 bits per heavy atom. The van der Waals surface area contributed by atoms with Crippen LogP contribution >= 0.6 is 12.2 Å². The first-order valence-corrected chi connectivity index (χ1v) is 9.27. The van der Waals surface area contributed by atoms with Gasteiger partial charge in [-0.1, -0.05) is 65.7 Å². The average Bonchev–Trinajstić information content (AvgIpc) is 2.68. The van der Waals surface area contributed by atoms with Crippen LogP contribution in [-0.2, 0) is 0 Å². The van der Waals surface area contributed by atoms with Gasteiger partial charge >= 0.3 is 0 Å². The highest BCUT2D eigenvalue weighted by atomic mass is 32.1. The first-order valence-electron chi connectivity index (χ1n) is 8.86. The summed E-state index contributed by atoms with van der Waals surface area (Å²) in [4.78, 5) is 12.9. The van der Waals surface area contributed by atoms with E-state index >= 15 is 0 Å². The lowest BCUT2D eigenvalue weighted by Crippen LogP contribution is -2.26. The minimum Gasteiger partial charge on any atom is -0.375 e. The highest BCUT2D eigenvalue weighted by Gasteiger charge is 2.13. The molecular weight excluding hydrogens is 366 g/mol. The zero-order valence-corrected chi connectivity index (χ0v) is 16.6. The molecule has 5 heteroatoms. The van der Waals surface area contributed by atoms with E-state index in [1.807, 2.05) is 86.6 Å². The topological polar surface area (TPSA) is 67.5 Å². The second-order valence-corrected chi connectivity index (χ2v) is 7.03. The number of ketones is 1. The normalized spacial score (nSPS) is 11.1. The smallest absolute Gasteiger partial charge is 0.193 e. The highest BCUT2D eigenvalue weighted by molar-refractivity contribution is 7.80. The first-order chi connectivity index (χ1) is 13.4. The number of nitrogens with two attached hydrogens (primary N) is 1. The van der Waals surface area contributed by atoms with E-state index in [1.165, 1.54) is 0 Å². The Hall–Kier alpha value is -3.31. The van der Waals surface area contributed by atoms with E-state index in [4.69, 9.17) is 18.0 Å². The molecular formula is C23H21N3OS. The molecule has 0 spiro atoms. The highest BCUT2D eigenvalue weighted by Crippen LogP contribution is 2.17. The van der Waals surface area contributed by atoms with Crippen molar-refractivity contribution >= 4 is 28.8 Å². The molecule has 3 aromatic rings. The molecule has 4 nitrogen and oxygen atoms in total. The molecule has 0 amide bonds. The lowest BCUT2D eigenvalue weighted by atomic mass is 9.96. The molecule has 0 aliphatic carbocycles. The van der Waals surface area contributed by atoms with Crippen molar-refractivity contribution < 1.29 is 4.79 Å². The number of nitrogens with zero attached hydrogens (tertiary/aromatic N) is 1. The van der Waals surface area contributed by atoms with Gasteiger partial charge in [-0.25, -0.2) is 0 Å². The SMILES string of the molecule is Cc1cccc(C(=O)c2cccc(/C(=N\NC(N)=S)c3cccc(C)c3)c2)c1. The van der Waals surface area contributed by atoms with E-state index < -0.39 is 0 Å². The second-order valence-electron chi connectivity index (χ2n) is 6.59. The van der Waals surface area contributed by atoms with E-state index in [2.05, 4.69) is 10.5 Å². The summed E-state index contributed by atoms with van der Waals surface area (Å²) in [6.07, 6.45) is 0.